The van der Waals surface area contributed by atoms with Crippen molar-refractivity contribution in [1.82, 2.24) is 4.98 Å². The SMILES string of the molecule is CC(=O)Nc1cccc(NC(=O)c2c[nH]c(=O)c(Cl)c2)c1. The van der Waals surface area contributed by atoms with Crippen molar-refractivity contribution in [3.05, 3.63) is 57.5 Å². The number of hydrogen-bond donors (Lipinski definition) is 3. The lowest BCUT2D eigenvalue weighted by molar-refractivity contribution is -0.114. The fraction of sp³-hybridized carbons (Fsp3) is 0.0714. The first-order chi connectivity index (χ1) is 9.95. The molecule has 1 aromatic carbocycles. The Morgan fingerprint density at radius 2 is 1.81 bits per heavy atom. The number of pyridine rings is 1. The smallest absolute Gasteiger partial charge is 0.266 e. The molecule has 7 heteroatoms. The molecule has 2 amide bonds. The summed E-state index contributed by atoms with van der Waals surface area (Å²) in [6.07, 6.45) is 1.28. The molecule has 6 nitrogen and oxygen atoms in total. The maximum Gasteiger partial charge on any atom is 0.266 e. The average molecular weight is 306 g/mol. The quantitative estimate of drug-likeness (QED) is 0.812. The first-order valence-corrected chi connectivity index (χ1v) is 6.41. The lowest BCUT2D eigenvalue weighted by Gasteiger charge is -2.08. The number of amides is 2. The van der Waals surface area contributed by atoms with Crippen LogP contribution in [0.25, 0.3) is 0 Å². The molecule has 0 fully saturated rings. The van der Waals surface area contributed by atoms with Crippen molar-refractivity contribution in [3.8, 4) is 0 Å². The maximum atomic E-state index is 12.0. The zero-order valence-corrected chi connectivity index (χ0v) is 11.8. The van der Waals surface area contributed by atoms with Crippen molar-refractivity contribution in [3.63, 3.8) is 0 Å². The molecule has 0 aliphatic carbocycles. The predicted octanol–water partition coefficient (Wildman–Crippen LogP) is 2.24. The first-order valence-electron chi connectivity index (χ1n) is 6.03. The fourth-order valence-electron chi connectivity index (χ4n) is 1.67. The third kappa shape index (κ3) is 3.93. The molecule has 2 aromatic rings. The Labute approximate surface area is 125 Å². The van der Waals surface area contributed by atoms with Crippen LogP contribution in [0.1, 0.15) is 17.3 Å². The summed E-state index contributed by atoms with van der Waals surface area (Å²) in [4.78, 5) is 36.5. The minimum absolute atomic E-state index is 0.0605. The van der Waals surface area contributed by atoms with Gasteiger partial charge in [-0.3, -0.25) is 14.4 Å². The number of benzene rings is 1. The molecule has 0 radical (unpaired) electrons. The van der Waals surface area contributed by atoms with Crippen LogP contribution in [0.4, 0.5) is 11.4 Å². The summed E-state index contributed by atoms with van der Waals surface area (Å²) in [5.41, 5.74) is 0.846. The number of anilines is 2. The van der Waals surface area contributed by atoms with E-state index in [0.717, 1.165) is 0 Å². The molecule has 1 aromatic heterocycles. The summed E-state index contributed by atoms with van der Waals surface area (Å²) in [7, 11) is 0. The monoisotopic (exact) mass is 305 g/mol. The highest BCUT2D eigenvalue weighted by Crippen LogP contribution is 2.16. The van der Waals surface area contributed by atoms with Gasteiger partial charge in [-0.15, -0.1) is 0 Å². The molecule has 0 saturated carbocycles. The van der Waals surface area contributed by atoms with Crippen LogP contribution in [0.3, 0.4) is 0 Å². The number of carbonyl (C=O) groups excluding carboxylic acids is 2. The Hall–Kier alpha value is -2.60. The van der Waals surface area contributed by atoms with Gasteiger partial charge in [-0.2, -0.15) is 0 Å². The molecule has 0 atom stereocenters. The van der Waals surface area contributed by atoms with Gasteiger partial charge in [-0.25, -0.2) is 0 Å². The van der Waals surface area contributed by atoms with Gasteiger partial charge >= 0.3 is 0 Å². The molecule has 2 rings (SSSR count). The van der Waals surface area contributed by atoms with Crippen LogP contribution in [0.2, 0.25) is 5.02 Å². The van der Waals surface area contributed by atoms with E-state index >= 15 is 0 Å². The molecule has 0 spiro atoms. The van der Waals surface area contributed by atoms with Crippen LogP contribution in [0, 0.1) is 0 Å². The highest BCUT2D eigenvalue weighted by Gasteiger charge is 2.09. The van der Waals surface area contributed by atoms with Gasteiger partial charge in [0.15, 0.2) is 0 Å². The second-order valence-corrected chi connectivity index (χ2v) is 4.69. The Morgan fingerprint density at radius 1 is 1.14 bits per heavy atom. The molecule has 0 saturated heterocycles. The van der Waals surface area contributed by atoms with E-state index in [0.29, 0.717) is 11.4 Å². The molecule has 0 unspecified atom stereocenters. The summed E-state index contributed by atoms with van der Waals surface area (Å²) in [5, 5.41) is 5.20. The second-order valence-electron chi connectivity index (χ2n) is 4.28. The lowest BCUT2D eigenvalue weighted by atomic mass is 10.2. The number of halogens is 1. The van der Waals surface area contributed by atoms with E-state index in [4.69, 9.17) is 11.6 Å². The zero-order chi connectivity index (χ0) is 15.4. The Kier molecular flexibility index (Phi) is 4.39. The largest absolute Gasteiger partial charge is 0.327 e. The Balaban J connectivity index is 2.17. The molecular formula is C14H12ClN3O3. The number of hydrogen-bond acceptors (Lipinski definition) is 3. The Morgan fingerprint density at radius 3 is 2.43 bits per heavy atom. The van der Waals surface area contributed by atoms with Gasteiger partial charge in [0.05, 0.1) is 5.56 Å². The first kappa shape index (κ1) is 14.8. The molecule has 0 aliphatic heterocycles. The highest BCUT2D eigenvalue weighted by molar-refractivity contribution is 6.30. The van der Waals surface area contributed by atoms with Crippen molar-refractivity contribution in [1.29, 1.82) is 0 Å². The fourth-order valence-corrected chi connectivity index (χ4v) is 1.84. The molecular weight excluding hydrogens is 294 g/mol. The second kappa shape index (κ2) is 6.23. The van der Waals surface area contributed by atoms with Gasteiger partial charge in [-0.05, 0) is 24.3 Å². The van der Waals surface area contributed by atoms with Crippen molar-refractivity contribution < 1.29 is 9.59 Å². The molecule has 3 N–H and O–H groups in total. The van der Waals surface area contributed by atoms with Crippen molar-refractivity contribution >= 4 is 34.8 Å². The summed E-state index contributed by atoms with van der Waals surface area (Å²) in [6.45, 7) is 1.40. The van der Waals surface area contributed by atoms with Crippen LogP contribution in [0.5, 0.6) is 0 Å². The normalized spacial score (nSPS) is 10.0. The van der Waals surface area contributed by atoms with E-state index in [9.17, 15) is 14.4 Å². The van der Waals surface area contributed by atoms with Gasteiger partial charge in [0.2, 0.25) is 5.91 Å². The minimum Gasteiger partial charge on any atom is -0.327 e. The van der Waals surface area contributed by atoms with Gasteiger partial charge < -0.3 is 15.6 Å². The summed E-state index contributed by atoms with van der Waals surface area (Å²) in [5.74, 6) is -0.626. The van der Waals surface area contributed by atoms with Gasteiger partial charge in [0.25, 0.3) is 11.5 Å². The van der Waals surface area contributed by atoms with E-state index in [1.54, 1.807) is 24.3 Å². The highest BCUT2D eigenvalue weighted by atomic mass is 35.5. The average Bonchev–Trinajstić information content (AvgIpc) is 2.41. The van der Waals surface area contributed by atoms with E-state index in [1.807, 2.05) is 0 Å². The number of rotatable bonds is 3. The van der Waals surface area contributed by atoms with Crippen molar-refractivity contribution in [2.45, 2.75) is 6.92 Å². The molecule has 0 aliphatic rings. The van der Waals surface area contributed by atoms with E-state index in [-0.39, 0.29) is 16.5 Å². The Bertz CT molecular complexity index is 755. The predicted molar refractivity (Wildman–Crippen MR) is 80.8 cm³/mol. The van der Waals surface area contributed by atoms with Crippen LogP contribution >= 0.6 is 11.6 Å². The molecule has 108 valence electrons. The third-order valence-corrected chi connectivity index (χ3v) is 2.84. The van der Waals surface area contributed by atoms with Gasteiger partial charge in [0, 0.05) is 24.5 Å². The minimum atomic E-state index is -0.458. The number of H-pyrrole nitrogens is 1. The van der Waals surface area contributed by atoms with Crippen LogP contribution in [-0.2, 0) is 4.79 Å². The number of aromatic nitrogens is 1. The standard InChI is InChI=1S/C14H12ClN3O3/c1-8(19)17-10-3-2-4-11(6-10)18-13(20)9-5-12(15)14(21)16-7-9/h2-7H,1H3,(H,16,21)(H,17,19)(H,18,20). The summed E-state index contributed by atoms with van der Waals surface area (Å²) < 4.78 is 0. The lowest BCUT2D eigenvalue weighted by Crippen LogP contribution is -2.15. The molecule has 21 heavy (non-hydrogen) atoms. The maximum absolute atomic E-state index is 12.0. The number of carbonyl (C=O) groups is 2. The van der Waals surface area contributed by atoms with Gasteiger partial charge in [0.1, 0.15) is 5.02 Å². The number of aromatic amines is 1. The molecule has 1 heterocycles. The van der Waals surface area contributed by atoms with Crippen LogP contribution in [0.15, 0.2) is 41.3 Å². The van der Waals surface area contributed by atoms with Gasteiger partial charge in [-0.1, -0.05) is 17.7 Å². The zero-order valence-electron chi connectivity index (χ0n) is 11.1. The van der Waals surface area contributed by atoms with E-state index < -0.39 is 11.5 Å². The van der Waals surface area contributed by atoms with Crippen molar-refractivity contribution in [2.24, 2.45) is 0 Å². The van der Waals surface area contributed by atoms with E-state index in [1.165, 1.54) is 19.2 Å². The van der Waals surface area contributed by atoms with Crippen LogP contribution < -0.4 is 16.2 Å². The van der Waals surface area contributed by atoms with E-state index in [2.05, 4.69) is 15.6 Å². The third-order valence-electron chi connectivity index (χ3n) is 2.56. The molecule has 0 bridgehead atoms. The topological polar surface area (TPSA) is 91.1 Å². The summed E-state index contributed by atoms with van der Waals surface area (Å²) >= 11 is 5.67. The van der Waals surface area contributed by atoms with Crippen LogP contribution in [-0.4, -0.2) is 16.8 Å². The number of nitrogens with one attached hydrogen (secondary N) is 3. The summed E-state index contributed by atoms with van der Waals surface area (Å²) in [6, 6.07) is 7.98. The van der Waals surface area contributed by atoms with Crippen molar-refractivity contribution in [2.75, 3.05) is 10.6 Å².